The summed E-state index contributed by atoms with van der Waals surface area (Å²) < 4.78 is 10.9. The van der Waals surface area contributed by atoms with Gasteiger partial charge in [-0.15, -0.1) is 11.3 Å². The third-order valence-corrected chi connectivity index (χ3v) is 5.17. The van der Waals surface area contributed by atoms with Crippen LogP contribution in [0.5, 0.6) is 11.5 Å². The molecule has 3 aromatic rings. The first kappa shape index (κ1) is 22.6. The summed E-state index contributed by atoms with van der Waals surface area (Å²) in [6.45, 7) is 2.09. The van der Waals surface area contributed by atoms with E-state index in [4.69, 9.17) is 21.1 Å². The number of rotatable bonds is 9. The van der Waals surface area contributed by atoms with Crippen molar-refractivity contribution >= 4 is 34.8 Å². The Kier molecular flexibility index (Phi) is 8.26. The van der Waals surface area contributed by atoms with E-state index in [2.05, 4.69) is 15.8 Å². The van der Waals surface area contributed by atoms with Crippen molar-refractivity contribution in [3.63, 3.8) is 0 Å². The van der Waals surface area contributed by atoms with Crippen LogP contribution in [-0.4, -0.2) is 30.0 Å². The van der Waals surface area contributed by atoms with Gasteiger partial charge in [0.2, 0.25) is 5.91 Å². The van der Waals surface area contributed by atoms with Crippen molar-refractivity contribution in [3.8, 4) is 11.5 Å². The molecule has 0 aliphatic rings. The molecule has 1 heterocycles. The normalized spacial score (nSPS) is 10.4. The monoisotopic (exact) mass is 459 g/mol. The number of para-hydroxylation sites is 2. The van der Waals surface area contributed by atoms with E-state index in [-0.39, 0.29) is 18.9 Å². The topological polar surface area (TPSA) is 89.5 Å². The number of hydrazine groups is 1. The van der Waals surface area contributed by atoms with Crippen LogP contribution in [0.15, 0.2) is 53.9 Å². The lowest BCUT2D eigenvalue weighted by atomic mass is 10.2. The summed E-state index contributed by atoms with van der Waals surface area (Å²) in [5, 5.41) is 3.39. The largest absolute Gasteiger partial charge is 0.490 e. The number of benzene rings is 2. The molecule has 2 N–H and O–H groups in total. The van der Waals surface area contributed by atoms with E-state index >= 15 is 0 Å². The van der Waals surface area contributed by atoms with Gasteiger partial charge in [0.25, 0.3) is 5.91 Å². The van der Waals surface area contributed by atoms with Gasteiger partial charge in [-0.25, -0.2) is 4.98 Å². The van der Waals surface area contributed by atoms with Crippen molar-refractivity contribution in [2.75, 3.05) is 13.2 Å². The molecule has 9 heteroatoms. The number of halogens is 1. The first-order valence-electron chi connectivity index (χ1n) is 9.63. The SMILES string of the molecule is CCOc1ccccc1OCC(=O)NNC(=O)Cc1csc(Cc2cccc(Cl)c2)n1. The van der Waals surface area contributed by atoms with E-state index in [0.29, 0.717) is 35.2 Å². The fraction of sp³-hybridized carbons (Fsp3) is 0.227. The molecule has 7 nitrogen and oxygen atoms in total. The molecular formula is C22H22ClN3O4S. The summed E-state index contributed by atoms with van der Waals surface area (Å²) in [4.78, 5) is 28.5. The molecule has 3 rings (SSSR count). The van der Waals surface area contributed by atoms with E-state index in [9.17, 15) is 9.59 Å². The number of carbonyl (C=O) groups excluding carboxylic acids is 2. The highest BCUT2D eigenvalue weighted by Crippen LogP contribution is 2.26. The highest BCUT2D eigenvalue weighted by Gasteiger charge is 2.11. The Balaban J connectivity index is 1.42. The van der Waals surface area contributed by atoms with Gasteiger partial charge in [0.05, 0.1) is 23.7 Å². The van der Waals surface area contributed by atoms with Crippen LogP contribution >= 0.6 is 22.9 Å². The van der Waals surface area contributed by atoms with Gasteiger partial charge >= 0.3 is 0 Å². The van der Waals surface area contributed by atoms with Crippen molar-refractivity contribution in [1.82, 2.24) is 15.8 Å². The van der Waals surface area contributed by atoms with E-state index < -0.39 is 5.91 Å². The average molecular weight is 460 g/mol. The summed E-state index contributed by atoms with van der Waals surface area (Å²) in [5.74, 6) is 0.154. The maximum atomic E-state index is 12.1. The van der Waals surface area contributed by atoms with Crippen molar-refractivity contribution < 1.29 is 19.1 Å². The number of hydrogen-bond donors (Lipinski definition) is 2. The van der Waals surface area contributed by atoms with Gasteiger partial charge in [0, 0.05) is 16.8 Å². The van der Waals surface area contributed by atoms with E-state index in [1.54, 1.807) is 18.2 Å². The summed E-state index contributed by atoms with van der Waals surface area (Å²) in [6.07, 6.45) is 0.699. The Hall–Kier alpha value is -3.10. The average Bonchev–Trinajstić information content (AvgIpc) is 3.18. The smallest absolute Gasteiger partial charge is 0.276 e. The highest BCUT2D eigenvalue weighted by molar-refractivity contribution is 7.09. The minimum atomic E-state index is -0.487. The van der Waals surface area contributed by atoms with Crippen molar-refractivity contribution in [2.45, 2.75) is 19.8 Å². The van der Waals surface area contributed by atoms with Crippen LogP contribution in [0.2, 0.25) is 5.02 Å². The Morgan fingerprint density at radius 2 is 1.77 bits per heavy atom. The Labute approximate surface area is 189 Å². The van der Waals surface area contributed by atoms with Gasteiger partial charge < -0.3 is 9.47 Å². The second-order valence-electron chi connectivity index (χ2n) is 6.48. The third-order valence-electron chi connectivity index (χ3n) is 4.03. The van der Waals surface area contributed by atoms with Gasteiger partial charge in [0.1, 0.15) is 0 Å². The molecule has 0 atom stereocenters. The molecule has 0 saturated heterocycles. The number of hydrogen-bond acceptors (Lipinski definition) is 6. The van der Waals surface area contributed by atoms with Crippen LogP contribution in [0.25, 0.3) is 0 Å². The zero-order valence-corrected chi connectivity index (χ0v) is 18.5. The van der Waals surface area contributed by atoms with Gasteiger partial charge in [-0.05, 0) is 36.8 Å². The van der Waals surface area contributed by atoms with Crippen molar-refractivity contribution in [2.24, 2.45) is 0 Å². The van der Waals surface area contributed by atoms with Gasteiger partial charge in [-0.3, -0.25) is 20.4 Å². The molecule has 2 aromatic carbocycles. The molecule has 31 heavy (non-hydrogen) atoms. The van der Waals surface area contributed by atoms with Gasteiger partial charge in [0.15, 0.2) is 18.1 Å². The predicted octanol–water partition coefficient (Wildman–Crippen LogP) is 3.55. The first-order chi connectivity index (χ1) is 15.0. The van der Waals surface area contributed by atoms with Gasteiger partial charge in [-0.2, -0.15) is 0 Å². The minimum Gasteiger partial charge on any atom is -0.490 e. The zero-order valence-electron chi connectivity index (χ0n) is 16.9. The second kappa shape index (κ2) is 11.3. The molecular weight excluding hydrogens is 438 g/mol. The summed E-state index contributed by atoms with van der Waals surface area (Å²) in [6, 6.07) is 14.6. The lowest BCUT2D eigenvalue weighted by Crippen LogP contribution is -2.44. The van der Waals surface area contributed by atoms with Crippen LogP contribution in [0, 0.1) is 0 Å². The molecule has 0 aliphatic heterocycles. The van der Waals surface area contributed by atoms with E-state index in [1.807, 2.05) is 42.6 Å². The molecule has 0 saturated carbocycles. The summed E-state index contributed by atoms with van der Waals surface area (Å²) in [5.41, 5.74) is 6.39. The summed E-state index contributed by atoms with van der Waals surface area (Å²) >= 11 is 7.48. The minimum absolute atomic E-state index is 0.0559. The van der Waals surface area contributed by atoms with Crippen LogP contribution in [0.1, 0.15) is 23.2 Å². The molecule has 2 amide bonds. The number of ether oxygens (including phenoxy) is 2. The van der Waals surface area contributed by atoms with E-state index in [0.717, 1.165) is 10.6 Å². The Bertz CT molecular complexity index is 1040. The number of amides is 2. The van der Waals surface area contributed by atoms with Crippen LogP contribution < -0.4 is 20.3 Å². The van der Waals surface area contributed by atoms with Crippen molar-refractivity contribution in [1.29, 1.82) is 0 Å². The van der Waals surface area contributed by atoms with Crippen LogP contribution in [-0.2, 0) is 22.4 Å². The van der Waals surface area contributed by atoms with Crippen LogP contribution in [0.4, 0.5) is 0 Å². The number of nitrogens with zero attached hydrogens (tertiary/aromatic N) is 1. The third kappa shape index (κ3) is 7.27. The molecule has 0 unspecified atom stereocenters. The number of aromatic nitrogens is 1. The number of carbonyl (C=O) groups is 2. The molecule has 0 bridgehead atoms. The molecule has 0 spiro atoms. The maximum Gasteiger partial charge on any atom is 0.276 e. The zero-order chi connectivity index (χ0) is 22.1. The molecule has 1 aromatic heterocycles. The van der Waals surface area contributed by atoms with Crippen LogP contribution in [0.3, 0.4) is 0 Å². The molecule has 0 aliphatic carbocycles. The first-order valence-corrected chi connectivity index (χ1v) is 10.9. The fourth-order valence-electron chi connectivity index (χ4n) is 2.70. The lowest BCUT2D eigenvalue weighted by Gasteiger charge is -2.11. The predicted molar refractivity (Wildman–Crippen MR) is 119 cm³/mol. The Morgan fingerprint density at radius 1 is 1.03 bits per heavy atom. The molecule has 0 radical (unpaired) electrons. The molecule has 162 valence electrons. The number of thiazole rings is 1. The van der Waals surface area contributed by atoms with E-state index in [1.165, 1.54) is 11.3 Å². The maximum absolute atomic E-state index is 12.1. The second-order valence-corrected chi connectivity index (χ2v) is 7.86. The van der Waals surface area contributed by atoms with Gasteiger partial charge in [-0.1, -0.05) is 35.9 Å². The Morgan fingerprint density at radius 3 is 2.52 bits per heavy atom. The molecule has 0 fully saturated rings. The highest BCUT2D eigenvalue weighted by atomic mass is 35.5. The summed E-state index contributed by atoms with van der Waals surface area (Å²) in [7, 11) is 0. The van der Waals surface area contributed by atoms with Crippen molar-refractivity contribution in [3.05, 3.63) is 75.2 Å². The fourth-order valence-corrected chi connectivity index (χ4v) is 3.75. The lowest BCUT2D eigenvalue weighted by molar-refractivity contribution is -0.129. The standard InChI is InChI=1S/C22H22ClN3O4S/c1-2-29-18-8-3-4-9-19(18)30-13-21(28)26-25-20(27)12-17-14-31-22(24-17)11-15-6-5-7-16(23)10-15/h3-10,14H,2,11-13H2,1H3,(H,25,27)(H,26,28). The number of nitrogens with one attached hydrogen (secondary N) is 2. The quantitative estimate of drug-likeness (QED) is 0.477.